The van der Waals surface area contributed by atoms with Gasteiger partial charge in [0, 0.05) is 37.1 Å². The zero-order chi connectivity index (χ0) is 19.9. The molecule has 2 heterocycles. The highest BCUT2D eigenvalue weighted by molar-refractivity contribution is 7.14. The third kappa shape index (κ3) is 3.60. The van der Waals surface area contributed by atoms with Gasteiger partial charge < -0.3 is 9.80 Å². The molecule has 1 aromatic heterocycles. The summed E-state index contributed by atoms with van der Waals surface area (Å²) < 4.78 is 0. The van der Waals surface area contributed by atoms with Gasteiger partial charge in [-0.3, -0.25) is 4.79 Å². The number of hydrogen-bond donors (Lipinski definition) is 0. The minimum absolute atomic E-state index is 0.0887. The Bertz CT molecular complexity index is 874. The SMILES string of the molecule is CC(C)=CC1C(C(=O)N2CCN(c3nc(-c4ccccc4)cs3)CC2)C1(C)C. The number of allylic oxidation sites excluding steroid dienone is 2. The minimum Gasteiger partial charge on any atom is -0.345 e. The van der Waals surface area contributed by atoms with Crippen molar-refractivity contribution in [1.29, 1.82) is 0 Å². The van der Waals surface area contributed by atoms with Gasteiger partial charge in [0.1, 0.15) is 0 Å². The second-order valence-corrected chi connectivity index (χ2v) is 9.60. The van der Waals surface area contributed by atoms with Gasteiger partial charge in [-0.05, 0) is 25.2 Å². The van der Waals surface area contributed by atoms with E-state index in [-0.39, 0.29) is 11.3 Å². The van der Waals surface area contributed by atoms with Crippen molar-refractivity contribution in [2.45, 2.75) is 27.7 Å². The van der Waals surface area contributed by atoms with Gasteiger partial charge >= 0.3 is 0 Å². The number of rotatable bonds is 4. The quantitative estimate of drug-likeness (QED) is 0.704. The zero-order valence-electron chi connectivity index (χ0n) is 17.2. The van der Waals surface area contributed by atoms with Crippen LogP contribution in [0.15, 0.2) is 47.4 Å². The summed E-state index contributed by atoms with van der Waals surface area (Å²) in [6.45, 7) is 12.0. The van der Waals surface area contributed by atoms with Gasteiger partial charge in [0.15, 0.2) is 5.13 Å². The topological polar surface area (TPSA) is 36.4 Å². The molecular weight excluding hydrogens is 366 g/mol. The Morgan fingerprint density at radius 2 is 1.82 bits per heavy atom. The maximum atomic E-state index is 13.1. The number of carbonyl (C=O) groups excluding carboxylic acids is 1. The van der Waals surface area contributed by atoms with Crippen LogP contribution in [0, 0.1) is 17.3 Å². The number of piperazine rings is 1. The molecule has 4 rings (SSSR count). The lowest BCUT2D eigenvalue weighted by Crippen LogP contribution is -2.49. The van der Waals surface area contributed by atoms with Crippen LogP contribution in [0.2, 0.25) is 0 Å². The smallest absolute Gasteiger partial charge is 0.226 e. The summed E-state index contributed by atoms with van der Waals surface area (Å²) in [6, 6.07) is 10.3. The highest BCUT2D eigenvalue weighted by atomic mass is 32.1. The van der Waals surface area contributed by atoms with Crippen molar-refractivity contribution in [3.8, 4) is 11.3 Å². The van der Waals surface area contributed by atoms with E-state index in [4.69, 9.17) is 4.98 Å². The standard InChI is InChI=1S/C23H29N3OS/c1-16(2)14-18-20(23(18,3)4)21(27)25-10-12-26(13-11-25)22-24-19(15-28-22)17-8-6-5-7-9-17/h5-9,14-15,18,20H,10-13H2,1-4H3. The summed E-state index contributed by atoms with van der Waals surface area (Å²) in [5.74, 6) is 0.852. The molecular formula is C23H29N3OS. The predicted octanol–water partition coefficient (Wildman–Crippen LogP) is 4.70. The Balaban J connectivity index is 1.37. The summed E-state index contributed by atoms with van der Waals surface area (Å²) >= 11 is 1.69. The molecule has 2 fully saturated rings. The lowest BCUT2D eigenvalue weighted by Gasteiger charge is -2.35. The zero-order valence-corrected chi connectivity index (χ0v) is 18.0. The van der Waals surface area contributed by atoms with Crippen LogP contribution in [0.1, 0.15) is 27.7 Å². The summed E-state index contributed by atoms with van der Waals surface area (Å²) in [6.07, 6.45) is 2.28. The van der Waals surface area contributed by atoms with Gasteiger partial charge in [-0.2, -0.15) is 0 Å². The Morgan fingerprint density at radius 3 is 2.46 bits per heavy atom. The molecule has 2 unspecified atom stereocenters. The average Bonchev–Trinajstić information content (AvgIpc) is 3.03. The second kappa shape index (κ2) is 7.36. The first-order chi connectivity index (χ1) is 13.4. The van der Waals surface area contributed by atoms with E-state index in [0.29, 0.717) is 11.8 Å². The van der Waals surface area contributed by atoms with Gasteiger partial charge in [0.2, 0.25) is 5.91 Å². The molecule has 0 spiro atoms. The lowest BCUT2D eigenvalue weighted by molar-refractivity contribution is -0.133. The molecule has 2 aliphatic rings. The normalized spacial score (nSPS) is 23.4. The molecule has 0 radical (unpaired) electrons. The molecule has 1 amide bonds. The minimum atomic E-state index is 0.0887. The molecule has 1 aliphatic heterocycles. The van der Waals surface area contributed by atoms with Crippen molar-refractivity contribution in [1.82, 2.24) is 9.88 Å². The number of amides is 1. The first-order valence-electron chi connectivity index (χ1n) is 10.1. The van der Waals surface area contributed by atoms with Crippen molar-refractivity contribution in [2.24, 2.45) is 17.3 Å². The monoisotopic (exact) mass is 395 g/mol. The Morgan fingerprint density at radius 1 is 1.14 bits per heavy atom. The van der Waals surface area contributed by atoms with E-state index in [0.717, 1.165) is 42.6 Å². The predicted molar refractivity (Wildman–Crippen MR) is 117 cm³/mol. The molecule has 2 aromatic rings. The van der Waals surface area contributed by atoms with Crippen molar-refractivity contribution >= 4 is 22.4 Å². The lowest BCUT2D eigenvalue weighted by atomic mass is 10.1. The summed E-state index contributed by atoms with van der Waals surface area (Å²) in [5, 5.41) is 3.18. The number of anilines is 1. The van der Waals surface area contributed by atoms with Crippen LogP contribution < -0.4 is 4.90 Å². The van der Waals surface area contributed by atoms with Crippen molar-refractivity contribution < 1.29 is 4.79 Å². The van der Waals surface area contributed by atoms with Crippen molar-refractivity contribution in [3.05, 3.63) is 47.4 Å². The van der Waals surface area contributed by atoms with Crippen molar-refractivity contribution in [3.63, 3.8) is 0 Å². The number of carbonyl (C=O) groups is 1. The van der Waals surface area contributed by atoms with E-state index in [1.807, 2.05) is 18.2 Å². The maximum absolute atomic E-state index is 13.1. The average molecular weight is 396 g/mol. The van der Waals surface area contributed by atoms with Crippen LogP contribution in [0.4, 0.5) is 5.13 Å². The first-order valence-corrected chi connectivity index (χ1v) is 11.0. The summed E-state index contributed by atoms with van der Waals surface area (Å²) in [7, 11) is 0. The van der Waals surface area contributed by atoms with Crippen LogP contribution in [0.3, 0.4) is 0 Å². The fourth-order valence-corrected chi connectivity index (χ4v) is 5.17. The molecule has 5 heteroatoms. The molecule has 0 N–H and O–H groups in total. The number of aromatic nitrogens is 1. The van der Waals surface area contributed by atoms with E-state index < -0.39 is 0 Å². The summed E-state index contributed by atoms with van der Waals surface area (Å²) in [5.41, 5.74) is 3.57. The number of nitrogens with zero attached hydrogens (tertiary/aromatic N) is 3. The third-order valence-electron chi connectivity index (χ3n) is 6.11. The molecule has 1 saturated heterocycles. The maximum Gasteiger partial charge on any atom is 0.226 e. The van der Waals surface area contributed by atoms with Gasteiger partial charge in [-0.15, -0.1) is 11.3 Å². The molecule has 1 aromatic carbocycles. The van der Waals surface area contributed by atoms with Crippen LogP contribution >= 0.6 is 11.3 Å². The fraction of sp³-hybridized carbons (Fsp3) is 0.478. The molecule has 0 bridgehead atoms. The van der Waals surface area contributed by atoms with Crippen LogP contribution in [0.5, 0.6) is 0 Å². The third-order valence-corrected chi connectivity index (χ3v) is 7.01. The summed E-state index contributed by atoms with van der Waals surface area (Å²) in [4.78, 5) is 22.3. The Kier molecular flexibility index (Phi) is 5.04. The number of thiazole rings is 1. The molecule has 1 aliphatic carbocycles. The second-order valence-electron chi connectivity index (χ2n) is 8.76. The number of benzene rings is 1. The molecule has 2 atom stereocenters. The fourth-order valence-electron chi connectivity index (χ4n) is 4.29. The van der Waals surface area contributed by atoms with E-state index in [1.54, 1.807) is 11.3 Å². The largest absolute Gasteiger partial charge is 0.345 e. The van der Waals surface area contributed by atoms with E-state index in [1.165, 1.54) is 5.57 Å². The molecule has 4 nitrogen and oxygen atoms in total. The number of hydrogen-bond acceptors (Lipinski definition) is 4. The van der Waals surface area contributed by atoms with Gasteiger partial charge in [0.25, 0.3) is 0 Å². The Labute approximate surface area is 171 Å². The highest BCUT2D eigenvalue weighted by Gasteiger charge is 2.61. The van der Waals surface area contributed by atoms with Crippen LogP contribution in [-0.4, -0.2) is 42.0 Å². The van der Waals surface area contributed by atoms with Crippen LogP contribution in [0.25, 0.3) is 11.3 Å². The first kappa shape index (κ1) is 19.2. The molecule has 148 valence electrons. The van der Waals surface area contributed by atoms with E-state index >= 15 is 0 Å². The van der Waals surface area contributed by atoms with Gasteiger partial charge in [-0.25, -0.2) is 4.98 Å². The molecule has 28 heavy (non-hydrogen) atoms. The molecule has 1 saturated carbocycles. The highest BCUT2D eigenvalue weighted by Crippen LogP contribution is 2.60. The van der Waals surface area contributed by atoms with E-state index in [2.05, 4.69) is 61.1 Å². The van der Waals surface area contributed by atoms with Gasteiger partial charge in [0.05, 0.1) is 11.6 Å². The van der Waals surface area contributed by atoms with Gasteiger partial charge in [-0.1, -0.05) is 55.8 Å². The Hall–Kier alpha value is -2.14. The van der Waals surface area contributed by atoms with Crippen LogP contribution in [-0.2, 0) is 4.79 Å². The van der Waals surface area contributed by atoms with Crippen molar-refractivity contribution in [2.75, 3.05) is 31.1 Å². The van der Waals surface area contributed by atoms with E-state index in [9.17, 15) is 4.79 Å².